The smallest absolute Gasteiger partial charge is 0.340 e. The molecule has 0 saturated carbocycles. The molecular formula is C18H22N2O6S. The first-order valence-corrected chi connectivity index (χ1v) is 10.4. The average Bonchev–Trinajstić information content (AvgIpc) is 3.29. The van der Waals surface area contributed by atoms with Gasteiger partial charge in [0.15, 0.2) is 16.4 Å². The number of carbonyl (C=O) groups excluding carboxylic acids is 2. The lowest BCUT2D eigenvalue weighted by Gasteiger charge is -2.11. The number of furan rings is 1. The molecule has 1 fully saturated rings. The molecule has 1 aliphatic heterocycles. The third kappa shape index (κ3) is 4.60. The minimum absolute atomic E-state index is 0.0688. The standard InChI is InChI=1S/C18H22N2O6S/c1-12-8-16(13(2)20(12)9-15-4-3-6-25-15)18(22)26-10-17(21)19-14-5-7-27(23,24)11-14/h3-4,6,8,14H,5,7,9-11H2,1-2H3,(H,19,21). The van der Waals surface area contributed by atoms with E-state index < -0.39 is 34.4 Å². The Balaban J connectivity index is 1.57. The van der Waals surface area contributed by atoms with Gasteiger partial charge in [-0.25, -0.2) is 13.2 Å². The first-order chi connectivity index (χ1) is 12.7. The Labute approximate surface area is 157 Å². The van der Waals surface area contributed by atoms with Gasteiger partial charge in [-0.05, 0) is 38.5 Å². The fourth-order valence-electron chi connectivity index (χ4n) is 3.20. The number of carbonyl (C=O) groups is 2. The summed E-state index contributed by atoms with van der Waals surface area (Å²) in [5.74, 6) is -0.333. The molecule has 0 bridgehead atoms. The lowest BCUT2D eigenvalue weighted by molar-refractivity contribution is -0.124. The highest BCUT2D eigenvalue weighted by Gasteiger charge is 2.29. The third-order valence-corrected chi connectivity index (χ3v) is 6.39. The number of aryl methyl sites for hydroxylation is 1. The van der Waals surface area contributed by atoms with Crippen molar-refractivity contribution in [3.8, 4) is 0 Å². The molecule has 27 heavy (non-hydrogen) atoms. The summed E-state index contributed by atoms with van der Waals surface area (Å²) < 4.78 is 35.2. The lowest BCUT2D eigenvalue weighted by Crippen LogP contribution is -2.38. The summed E-state index contributed by atoms with van der Waals surface area (Å²) in [6, 6.07) is 4.94. The zero-order valence-electron chi connectivity index (χ0n) is 15.2. The summed E-state index contributed by atoms with van der Waals surface area (Å²) in [7, 11) is -3.08. The molecule has 2 aromatic heterocycles. The largest absolute Gasteiger partial charge is 0.467 e. The molecule has 1 N–H and O–H groups in total. The van der Waals surface area contributed by atoms with E-state index in [0.717, 1.165) is 17.1 Å². The average molecular weight is 394 g/mol. The van der Waals surface area contributed by atoms with Crippen molar-refractivity contribution < 1.29 is 27.2 Å². The van der Waals surface area contributed by atoms with Crippen LogP contribution < -0.4 is 5.32 Å². The number of nitrogens with one attached hydrogen (secondary N) is 1. The maximum Gasteiger partial charge on any atom is 0.340 e. The van der Waals surface area contributed by atoms with Crippen molar-refractivity contribution in [2.45, 2.75) is 32.9 Å². The van der Waals surface area contributed by atoms with Crippen LogP contribution in [-0.4, -0.2) is 49.0 Å². The van der Waals surface area contributed by atoms with Gasteiger partial charge < -0.3 is 19.0 Å². The number of nitrogens with zero attached hydrogens (tertiary/aromatic N) is 1. The molecule has 146 valence electrons. The fourth-order valence-corrected chi connectivity index (χ4v) is 4.87. The van der Waals surface area contributed by atoms with E-state index in [1.807, 2.05) is 17.6 Å². The van der Waals surface area contributed by atoms with Crippen molar-refractivity contribution >= 4 is 21.7 Å². The van der Waals surface area contributed by atoms with E-state index in [9.17, 15) is 18.0 Å². The van der Waals surface area contributed by atoms with E-state index in [1.165, 1.54) is 0 Å². The topological polar surface area (TPSA) is 108 Å². The highest BCUT2D eigenvalue weighted by Crippen LogP contribution is 2.18. The lowest BCUT2D eigenvalue weighted by atomic mass is 10.2. The maximum absolute atomic E-state index is 12.3. The third-order valence-electron chi connectivity index (χ3n) is 4.62. The second-order valence-electron chi connectivity index (χ2n) is 6.69. The van der Waals surface area contributed by atoms with E-state index in [-0.39, 0.29) is 11.5 Å². The number of aromatic nitrogens is 1. The number of amides is 1. The Bertz CT molecular complexity index is 943. The maximum atomic E-state index is 12.3. The molecule has 2 aromatic rings. The van der Waals surface area contributed by atoms with Gasteiger partial charge in [-0.1, -0.05) is 0 Å². The highest BCUT2D eigenvalue weighted by atomic mass is 32.2. The van der Waals surface area contributed by atoms with Gasteiger partial charge in [-0.2, -0.15) is 0 Å². The van der Waals surface area contributed by atoms with Crippen molar-refractivity contribution in [3.05, 3.63) is 47.2 Å². The molecule has 0 radical (unpaired) electrons. The summed E-state index contributed by atoms with van der Waals surface area (Å²) in [6.07, 6.45) is 1.98. The monoisotopic (exact) mass is 394 g/mol. The van der Waals surface area contributed by atoms with Crippen molar-refractivity contribution in [2.75, 3.05) is 18.1 Å². The Morgan fingerprint density at radius 1 is 1.37 bits per heavy atom. The summed E-state index contributed by atoms with van der Waals surface area (Å²) in [4.78, 5) is 24.3. The van der Waals surface area contributed by atoms with E-state index in [0.29, 0.717) is 18.5 Å². The molecule has 1 atom stereocenters. The van der Waals surface area contributed by atoms with Crippen LogP contribution in [0.4, 0.5) is 0 Å². The normalized spacial score (nSPS) is 18.4. The van der Waals surface area contributed by atoms with E-state index in [2.05, 4.69) is 5.32 Å². The number of esters is 1. The zero-order chi connectivity index (χ0) is 19.6. The predicted molar refractivity (Wildman–Crippen MR) is 97.2 cm³/mol. The summed E-state index contributed by atoms with van der Waals surface area (Å²) in [5, 5.41) is 2.59. The molecule has 1 saturated heterocycles. The number of ether oxygens (including phenoxy) is 1. The second kappa shape index (κ2) is 7.59. The second-order valence-corrected chi connectivity index (χ2v) is 8.92. The zero-order valence-corrected chi connectivity index (χ0v) is 16.0. The molecule has 1 amide bonds. The van der Waals surface area contributed by atoms with Crippen molar-refractivity contribution in [1.82, 2.24) is 9.88 Å². The molecule has 0 aliphatic carbocycles. The van der Waals surface area contributed by atoms with Crippen LogP contribution in [0.5, 0.6) is 0 Å². The van der Waals surface area contributed by atoms with E-state index >= 15 is 0 Å². The van der Waals surface area contributed by atoms with Crippen LogP contribution in [0.2, 0.25) is 0 Å². The van der Waals surface area contributed by atoms with Crippen LogP contribution in [-0.2, 0) is 25.9 Å². The Hall–Kier alpha value is -2.55. The minimum atomic E-state index is -3.08. The van der Waals surface area contributed by atoms with Gasteiger partial charge in [0.25, 0.3) is 5.91 Å². The van der Waals surface area contributed by atoms with Crippen LogP contribution >= 0.6 is 0 Å². The van der Waals surface area contributed by atoms with E-state index in [1.54, 1.807) is 25.3 Å². The van der Waals surface area contributed by atoms with Gasteiger partial charge >= 0.3 is 5.97 Å². The number of hydrogen-bond donors (Lipinski definition) is 1. The molecule has 3 heterocycles. The Morgan fingerprint density at radius 2 is 2.15 bits per heavy atom. The molecule has 8 nitrogen and oxygen atoms in total. The summed E-state index contributed by atoms with van der Waals surface area (Å²) in [6.45, 7) is 3.72. The van der Waals surface area contributed by atoms with Gasteiger partial charge in [-0.3, -0.25) is 4.79 Å². The van der Waals surface area contributed by atoms with Crippen LogP contribution in [0.1, 0.15) is 33.9 Å². The van der Waals surface area contributed by atoms with Gasteiger partial charge in [-0.15, -0.1) is 0 Å². The van der Waals surface area contributed by atoms with Gasteiger partial charge in [0.1, 0.15) is 5.76 Å². The SMILES string of the molecule is Cc1cc(C(=O)OCC(=O)NC2CCS(=O)(=O)C2)c(C)n1Cc1ccco1. The molecule has 0 aromatic carbocycles. The van der Waals surface area contributed by atoms with Crippen LogP contribution in [0.25, 0.3) is 0 Å². The molecule has 9 heteroatoms. The molecule has 3 rings (SSSR count). The highest BCUT2D eigenvalue weighted by molar-refractivity contribution is 7.91. The van der Waals surface area contributed by atoms with Gasteiger partial charge in [0.05, 0.1) is 29.9 Å². The van der Waals surface area contributed by atoms with Gasteiger partial charge in [0.2, 0.25) is 0 Å². The number of rotatable bonds is 6. The molecular weight excluding hydrogens is 372 g/mol. The van der Waals surface area contributed by atoms with Crippen LogP contribution in [0, 0.1) is 13.8 Å². The minimum Gasteiger partial charge on any atom is -0.467 e. The Kier molecular flexibility index (Phi) is 5.41. The Morgan fingerprint density at radius 3 is 2.78 bits per heavy atom. The van der Waals surface area contributed by atoms with Crippen molar-refractivity contribution in [2.24, 2.45) is 0 Å². The number of hydrogen-bond acceptors (Lipinski definition) is 6. The first kappa shape index (κ1) is 19.2. The van der Waals surface area contributed by atoms with Gasteiger partial charge in [0, 0.05) is 17.4 Å². The summed E-state index contributed by atoms with van der Waals surface area (Å²) >= 11 is 0. The van der Waals surface area contributed by atoms with E-state index in [4.69, 9.17) is 9.15 Å². The summed E-state index contributed by atoms with van der Waals surface area (Å²) in [5.41, 5.74) is 1.97. The fraction of sp³-hybridized carbons (Fsp3) is 0.444. The number of sulfone groups is 1. The quantitative estimate of drug-likeness (QED) is 0.738. The molecule has 0 spiro atoms. The van der Waals surface area contributed by atoms with Crippen molar-refractivity contribution in [3.63, 3.8) is 0 Å². The predicted octanol–water partition coefficient (Wildman–Crippen LogP) is 1.21. The van der Waals surface area contributed by atoms with Crippen LogP contribution in [0.3, 0.4) is 0 Å². The van der Waals surface area contributed by atoms with Crippen molar-refractivity contribution in [1.29, 1.82) is 0 Å². The molecule has 1 unspecified atom stereocenters. The molecule has 1 aliphatic rings. The first-order valence-electron chi connectivity index (χ1n) is 8.61. The van der Waals surface area contributed by atoms with Crippen LogP contribution in [0.15, 0.2) is 28.9 Å².